The number of aromatic amines is 4. The molecule has 12 aromatic rings. The van der Waals surface area contributed by atoms with Gasteiger partial charge in [0.15, 0.2) is 0 Å². The van der Waals surface area contributed by atoms with Crippen LogP contribution < -0.4 is 5.32 Å². The predicted molar refractivity (Wildman–Crippen MR) is 356 cm³/mol. The lowest BCUT2D eigenvalue weighted by molar-refractivity contribution is -0.143. The van der Waals surface area contributed by atoms with Crippen LogP contribution in [0.4, 0.5) is 22.7 Å². The molecule has 0 spiro atoms. The molecule has 8 aromatic heterocycles. The molecule has 0 saturated heterocycles. The number of pyridine rings is 4. The van der Waals surface area contributed by atoms with Gasteiger partial charge in [-0.2, -0.15) is 0 Å². The summed E-state index contributed by atoms with van der Waals surface area (Å²) in [6, 6.07) is 46.8. The van der Waals surface area contributed by atoms with Crippen LogP contribution in [0.5, 0.6) is 0 Å². The first kappa shape index (κ1) is 63.7. The van der Waals surface area contributed by atoms with Crippen LogP contribution in [0.3, 0.4) is 0 Å². The van der Waals surface area contributed by atoms with E-state index in [0.29, 0.717) is 53.7 Å². The molecule has 3 atom stereocenters. The third-order valence-corrected chi connectivity index (χ3v) is 15.1. The SMILES string of the molecule is [C-]#[N+]c1c[nH]c2cc(/C(=C/C(=O)OCC)c3ccccn3)ccc12.[C-]#[N+]c1c[nH]c2cc(C(CC(=O)OCC)c3ccccn3)ccc12.[C-]#[N+]c1c[nH]c2cc(C(CCNC)c3ccccn3)ccc12.[C-]#[N+]c1c[nH]c2cc(C(CCO)c3ccccn3)ccc12. The Balaban J connectivity index is 0.000000144. The zero-order chi connectivity index (χ0) is 63.9. The molecule has 0 bridgehead atoms. The zero-order valence-electron chi connectivity index (χ0n) is 50.4. The Hall–Kier alpha value is -11.8. The average molecular weight is 1200 g/mol. The number of esters is 2. The molecule has 8 heterocycles. The lowest BCUT2D eigenvalue weighted by atomic mass is 9.91. The molecule has 0 aliphatic heterocycles. The number of rotatable bonds is 18. The molecule has 0 aliphatic carbocycles. The van der Waals surface area contributed by atoms with E-state index < -0.39 is 5.97 Å². The maximum atomic E-state index is 12.0. The number of nitrogens with zero attached hydrogens (tertiary/aromatic N) is 8. The molecule has 18 heteroatoms. The highest BCUT2D eigenvalue weighted by Gasteiger charge is 2.22. The minimum atomic E-state index is -0.411. The van der Waals surface area contributed by atoms with Gasteiger partial charge in [0.05, 0.1) is 51.6 Å². The van der Waals surface area contributed by atoms with Crippen molar-refractivity contribution in [3.05, 3.63) is 292 Å². The number of ether oxygens (including phenoxy) is 2. The monoisotopic (exact) mass is 1200 g/mol. The first-order valence-electron chi connectivity index (χ1n) is 29.5. The molecule has 3 unspecified atom stereocenters. The third kappa shape index (κ3) is 15.9. The molecule has 452 valence electrons. The average Bonchev–Trinajstić information content (AvgIpc) is 1.97. The second-order valence-corrected chi connectivity index (χ2v) is 20.7. The Morgan fingerprint density at radius 2 is 0.923 bits per heavy atom. The lowest BCUT2D eigenvalue weighted by Gasteiger charge is -2.17. The number of carbonyl (C=O) groups is 2. The van der Waals surface area contributed by atoms with Gasteiger partial charge < -0.3 is 39.8 Å². The molecule has 0 amide bonds. The number of H-pyrrole nitrogens is 4. The highest BCUT2D eigenvalue weighted by Crippen LogP contribution is 2.36. The van der Waals surface area contributed by atoms with Crippen LogP contribution in [-0.4, -0.2) is 90.3 Å². The van der Waals surface area contributed by atoms with Gasteiger partial charge in [-0.15, -0.1) is 0 Å². The van der Waals surface area contributed by atoms with Gasteiger partial charge in [-0.3, -0.25) is 24.7 Å². The summed E-state index contributed by atoms with van der Waals surface area (Å²) >= 11 is 0. The van der Waals surface area contributed by atoms with Gasteiger partial charge >= 0.3 is 11.9 Å². The van der Waals surface area contributed by atoms with E-state index in [9.17, 15) is 14.7 Å². The topological polar surface area (TPSA) is 217 Å². The number of aliphatic hydroxyl groups is 1. The van der Waals surface area contributed by atoms with E-state index in [1.54, 1.807) is 57.2 Å². The van der Waals surface area contributed by atoms with E-state index in [-0.39, 0.29) is 36.8 Å². The quantitative estimate of drug-likeness (QED) is 0.0271. The Morgan fingerprint density at radius 1 is 0.516 bits per heavy atom. The maximum absolute atomic E-state index is 12.0. The van der Waals surface area contributed by atoms with E-state index in [0.717, 1.165) is 90.3 Å². The Labute approximate surface area is 527 Å². The normalized spacial score (nSPS) is 11.8. The van der Waals surface area contributed by atoms with Gasteiger partial charge in [0.2, 0.25) is 22.7 Å². The summed E-state index contributed by atoms with van der Waals surface area (Å²) in [4.78, 5) is 68.2. The van der Waals surface area contributed by atoms with E-state index in [1.165, 1.54) is 11.6 Å². The van der Waals surface area contributed by atoms with Gasteiger partial charge in [-0.1, -0.05) is 72.8 Å². The van der Waals surface area contributed by atoms with Crippen LogP contribution >= 0.6 is 0 Å². The van der Waals surface area contributed by atoms with Crippen molar-refractivity contribution in [2.75, 3.05) is 33.4 Å². The van der Waals surface area contributed by atoms with Crippen molar-refractivity contribution >= 4 is 83.9 Å². The van der Waals surface area contributed by atoms with Crippen LogP contribution in [0.15, 0.2) is 201 Å². The molecule has 91 heavy (non-hydrogen) atoms. The number of aromatic nitrogens is 8. The Bertz CT molecular complexity index is 4610. The summed E-state index contributed by atoms with van der Waals surface area (Å²) in [5.74, 6) is -0.541. The van der Waals surface area contributed by atoms with Gasteiger partial charge in [0, 0.05) is 146 Å². The summed E-state index contributed by atoms with van der Waals surface area (Å²) in [5.41, 5.74) is 14.4. The van der Waals surface area contributed by atoms with Gasteiger partial charge in [0.1, 0.15) is 0 Å². The fraction of sp³-hybridized carbons (Fsp3) is 0.178. The van der Waals surface area contributed by atoms with Gasteiger partial charge in [-0.25, -0.2) is 24.2 Å². The number of hydrogen-bond donors (Lipinski definition) is 6. The van der Waals surface area contributed by atoms with Crippen molar-refractivity contribution in [2.45, 2.75) is 50.9 Å². The van der Waals surface area contributed by atoms with Crippen LogP contribution in [-0.2, 0) is 19.1 Å². The Kier molecular flexibility index (Phi) is 22.2. The Morgan fingerprint density at radius 3 is 1.32 bits per heavy atom. The summed E-state index contributed by atoms with van der Waals surface area (Å²) in [5, 5.41) is 16.2. The van der Waals surface area contributed by atoms with Crippen molar-refractivity contribution in [3.63, 3.8) is 0 Å². The van der Waals surface area contributed by atoms with Crippen molar-refractivity contribution in [3.8, 4) is 0 Å². The van der Waals surface area contributed by atoms with Crippen molar-refractivity contribution in [1.82, 2.24) is 45.2 Å². The fourth-order valence-corrected chi connectivity index (χ4v) is 10.7. The lowest BCUT2D eigenvalue weighted by Crippen LogP contribution is -2.14. The summed E-state index contributed by atoms with van der Waals surface area (Å²) in [7, 11) is 1.96. The molecular weight excluding hydrogens is 1140 g/mol. The van der Waals surface area contributed by atoms with Crippen molar-refractivity contribution in [1.29, 1.82) is 0 Å². The zero-order valence-corrected chi connectivity index (χ0v) is 50.4. The van der Waals surface area contributed by atoms with E-state index in [4.69, 9.17) is 35.8 Å². The molecule has 0 fully saturated rings. The molecule has 0 radical (unpaired) electrons. The van der Waals surface area contributed by atoms with Crippen LogP contribution in [0, 0.1) is 26.3 Å². The fourth-order valence-electron chi connectivity index (χ4n) is 10.7. The number of nitrogens with one attached hydrogen (secondary N) is 5. The molecule has 18 nitrogen and oxygen atoms in total. The second kappa shape index (κ2) is 31.7. The summed E-state index contributed by atoms with van der Waals surface area (Å²) < 4.78 is 10.1. The molecule has 6 N–H and O–H groups in total. The minimum Gasteiger partial charge on any atom is -0.466 e. The van der Waals surface area contributed by atoms with Gasteiger partial charge in [-0.05, 0) is 135 Å². The standard InChI is InChI=1S/C19H17N3O2.C19H15N3O2.C18H18N4.C17H15N3O/c2*1-3-24-19(23)11-15(16-6-4-5-9-21-16)13-7-8-14-17(10-13)22-12-18(14)20-2;1-19-10-8-14(16-5-3-4-9-21-16)13-6-7-15-17(11-13)22-12-18(15)20-2;1-18-17-11-20-16-10-12(5-6-14(16)17)13(7-9-21)15-4-2-3-8-19-15/h4-10,12,15,22H,3,11H2,1H3;4-12,22H,3H2,1H3;3-7,9,11-12,14,19,22H,8,10H2,1H3;2-6,8,10-11,13,20-21H,7,9H2/b;15-11-;;. The highest BCUT2D eigenvalue weighted by molar-refractivity contribution is 6.00. The number of hydrogen-bond acceptors (Lipinski definition) is 10. The smallest absolute Gasteiger partial charge is 0.331 e. The minimum absolute atomic E-state index is 0.0558. The maximum Gasteiger partial charge on any atom is 0.331 e. The largest absolute Gasteiger partial charge is 0.466 e. The van der Waals surface area contributed by atoms with E-state index in [2.05, 4.69) is 82.8 Å². The molecule has 0 saturated carbocycles. The van der Waals surface area contributed by atoms with Crippen molar-refractivity contribution in [2.24, 2.45) is 0 Å². The van der Waals surface area contributed by atoms with Crippen molar-refractivity contribution < 1.29 is 24.2 Å². The van der Waals surface area contributed by atoms with E-state index in [1.807, 2.05) is 141 Å². The van der Waals surface area contributed by atoms with Gasteiger partial charge in [0.25, 0.3) is 0 Å². The van der Waals surface area contributed by atoms with Crippen LogP contribution in [0.1, 0.15) is 95.9 Å². The number of aliphatic hydroxyl groups excluding tert-OH is 1. The highest BCUT2D eigenvalue weighted by atomic mass is 16.5. The second-order valence-electron chi connectivity index (χ2n) is 20.7. The molecule has 4 aromatic carbocycles. The molecule has 0 aliphatic rings. The van der Waals surface area contributed by atoms with Crippen LogP contribution in [0.25, 0.3) is 68.6 Å². The third-order valence-electron chi connectivity index (χ3n) is 15.1. The first-order valence-corrected chi connectivity index (χ1v) is 29.5. The molecule has 12 rings (SSSR count). The van der Waals surface area contributed by atoms with E-state index >= 15 is 0 Å². The predicted octanol–water partition coefficient (Wildman–Crippen LogP) is 15.8. The number of benzene rings is 4. The molecular formula is C73H65N13O5. The summed E-state index contributed by atoms with van der Waals surface area (Å²) in [6.45, 7) is 34.0. The first-order chi connectivity index (χ1) is 44.6. The number of carbonyl (C=O) groups excluding carboxylic acids is 2. The summed E-state index contributed by atoms with van der Waals surface area (Å²) in [6.07, 6.45) is 17.2. The van der Waals surface area contributed by atoms with Crippen LogP contribution in [0.2, 0.25) is 0 Å². The number of fused-ring (bicyclic) bond motifs is 4.